The van der Waals surface area contributed by atoms with Crippen molar-refractivity contribution in [2.45, 2.75) is 44.8 Å². The highest BCUT2D eigenvalue weighted by Gasteiger charge is 2.42. The number of fused-ring (bicyclic) bond motifs is 5. The molecule has 4 aliphatic rings. The third kappa shape index (κ3) is 2.98. The average molecular weight is 365 g/mol. The van der Waals surface area contributed by atoms with Gasteiger partial charge in [0.25, 0.3) is 0 Å². The van der Waals surface area contributed by atoms with Gasteiger partial charge in [-0.15, -0.1) is 0 Å². The summed E-state index contributed by atoms with van der Waals surface area (Å²) in [5.41, 5.74) is 1.80. The minimum absolute atomic E-state index is 0.0290. The van der Waals surface area contributed by atoms with Crippen LogP contribution in [0.4, 0.5) is 5.82 Å². The zero-order chi connectivity index (χ0) is 18.4. The first-order valence-electron chi connectivity index (χ1n) is 10.3. The van der Waals surface area contributed by atoms with Gasteiger partial charge in [0.2, 0.25) is 5.91 Å². The van der Waals surface area contributed by atoms with Gasteiger partial charge in [-0.1, -0.05) is 24.6 Å². The molecule has 1 aromatic carbocycles. The molecule has 4 fully saturated rings. The molecule has 1 aliphatic carbocycles. The predicted octanol–water partition coefficient (Wildman–Crippen LogP) is 2.95. The quantitative estimate of drug-likeness (QED) is 0.905. The number of piperidine rings is 1. The van der Waals surface area contributed by atoms with Crippen molar-refractivity contribution in [1.82, 2.24) is 9.88 Å². The fourth-order valence-corrected chi connectivity index (χ4v) is 4.95. The van der Waals surface area contributed by atoms with Gasteiger partial charge < -0.3 is 14.9 Å². The van der Waals surface area contributed by atoms with Crippen molar-refractivity contribution in [2.24, 2.45) is 11.8 Å². The number of hydrogen-bond donors (Lipinski definition) is 1. The molecule has 1 aromatic heterocycles. The number of rotatable bonds is 4. The lowest BCUT2D eigenvalue weighted by Gasteiger charge is -2.40. The van der Waals surface area contributed by atoms with Crippen molar-refractivity contribution in [1.29, 1.82) is 0 Å². The number of carbonyl (C=O) groups is 1. The molecule has 142 valence electrons. The molecule has 0 spiro atoms. The number of carbonyl (C=O) groups excluding carboxylic acids is 1. The Balaban J connectivity index is 1.47. The molecule has 3 aliphatic heterocycles. The zero-order valence-electron chi connectivity index (χ0n) is 15.7. The number of aliphatic hydroxyl groups is 1. The number of anilines is 1. The molecule has 4 heterocycles. The molecule has 1 N–H and O–H groups in total. The van der Waals surface area contributed by atoms with Crippen LogP contribution < -0.4 is 4.90 Å². The Morgan fingerprint density at radius 2 is 1.96 bits per heavy atom. The zero-order valence-corrected chi connectivity index (χ0v) is 15.7. The van der Waals surface area contributed by atoms with Gasteiger partial charge in [0.15, 0.2) is 0 Å². The molecule has 6 rings (SSSR count). The second-order valence-corrected chi connectivity index (χ2v) is 8.44. The third-order valence-electron chi connectivity index (χ3n) is 6.72. The summed E-state index contributed by atoms with van der Waals surface area (Å²) < 4.78 is 0. The van der Waals surface area contributed by atoms with E-state index >= 15 is 0 Å². The van der Waals surface area contributed by atoms with E-state index in [1.807, 2.05) is 30.3 Å². The minimum Gasteiger partial charge on any atom is -0.392 e. The molecule has 0 unspecified atom stereocenters. The average Bonchev–Trinajstić information content (AvgIpc) is 2.95. The van der Waals surface area contributed by atoms with E-state index in [4.69, 9.17) is 4.98 Å². The smallest absolute Gasteiger partial charge is 0.227 e. The Hall–Kier alpha value is -2.14. The molecular formula is C22H27N3O2. The Labute approximate surface area is 160 Å². The third-order valence-corrected chi connectivity index (χ3v) is 6.72. The second kappa shape index (κ2) is 6.79. The van der Waals surface area contributed by atoms with Crippen LogP contribution >= 0.6 is 0 Å². The predicted molar refractivity (Wildman–Crippen MR) is 105 cm³/mol. The topological polar surface area (TPSA) is 56.7 Å². The van der Waals surface area contributed by atoms with Gasteiger partial charge >= 0.3 is 0 Å². The fourth-order valence-electron chi connectivity index (χ4n) is 4.95. The number of aliphatic hydroxyl groups excluding tert-OH is 1. The van der Waals surface area contributed by atoms with Crippen molar-refractivity contribution in [2.75, 3.05) is 24.5 Å². The standard InChI is InChI=1S/C22H27N3O2/c26-14-18-10-16-6-1-2-7-20(16)23-21(18)24-12-17-8-9-19(13-24)25(22(17)27)11-15-4-3-5-15/h1-2,6-7,10,15,17,19,26H,3-5,8-9,11-14H2/t17-,19+/m1/s1. The first kappa shape index (κ1) is 17.0. The number of hydrogen-bond acceptors (Lipinski definition) is 4. The largest absolute Gasteiger partial charge is 0.392 e. The summed E-state index contributed by atoms with van der Waals surface area (Å²) in [5, 5.41) is 11.0. The molecule has 1 saturated carbocycles. The van der Waals surface area contributed by atoms with E-state index in [2.05, 4.69) is 9.80 Å². The molecule has 27 heavy (non-hydrogen) atoms. The molecule has 2 atom stereocenters. The van der Waals surface area contributed by atoms with Crippen molar-refractivity contribution >= 4 is 22.6 Å². The van der Waals surface area contributed by atoms with Gasteiger partial charge in [-0.25, -0.2) is 4.98 Å². The van der Waals surface area contributed by atoms with Gasteiger partial charge in [-0.3, -0.25) is 4.79 Å². The van der Waals surface area contributed by atoms with Crippen molar-refractivity contribution in [3.05, 3.63) is 35.9 Å². The summed E-state index contributed by atoms with van der Waals surface area (Å²) >= 11 is 0. The minimum atomic E-state index is -0.0290. The highest BCUT2D eigenvalue weighted by Crippen LogP contribution is 2.36. The van der Waals surface area contributed by atoms with Crippen LogP contribution in [0.15, 0.2) is 30.3 Å². The monoisotopic (exact) mass is 365 g/mol. The molecule has 1 amide bonds. The molecular weight excluding hydrogens is 338 g/mol. The van der Waals surface area contributed by atoms with E-state index in [0.717, 1.165) is 54.8 Å². The van der Waals surface area contributed by atoms with Crippen LogP contribution in [0.3, 0.4) is 0 Å². The number of amides is 1. The van der Waals surface area contributed by atoms with Crippen LogP contribution in [-0.4, -0.2) is 46.6 Å². The van der Waals surface area contributed by atoms with Crippen LogP contribution in [0.5, 0.6) is 0 Å². The SMILES string of the molecule is O=C1[C@@H]2CC[C@@H](CN(c3nc4ccccc4cc3CO)C2)N1CC1CCC1. The van der Waals surface area contributed by atoms with E-state index in [1.54, 1.807) is 0 Å². The summed E-state index contributed by atoms with van der Waals surface area (Å²) in [7, 11) is 0. The number of pyridine rings is 1. The molecule has 2 aromatic rings. The van der Waals surface area contributed by atoms with Crippen LogP contribution in [-0.2, 0) is 11.4 Å². The number of benzene rings is 1. The van der Waals surface area contributed by atoms with Crippen LogP contribution in [0, 0.1) is 11.8 Å². The molecule has 5 heteroatoms. The maximum absolute atomic E-state index is 13.1. The summed E-state index contributed by atoms with van der Waals surface area (Å²) in [4.78, 5) is 22.4. The fraction of sp³-hybridized carbons (Fsp3) is 0.545. The van der Waals surface area contributed by atoms with Crippen molar-refractivity contribution < 1.29 is 9.90 Å². The van der Waals surface area contributed by atoms with Crippen LogP contribution in [0.1, 0.15) is 37.7 Å². The van der Waals surface area contributed by atoms with Gasteiger partial charge in [0.1, 0.15) is 5.82 Å². The lowest BCUT2D eigenvalue weighted by Crippen LogP contribution is -2.50. The summed E-state index contributed by atoms with van der Waals surface area (Å²) in [6.45, 7) is 2.45. The normalized spacial score (nSPS) is 25.7. The van der Waals surface area contributed by atoms with Crippen LogP contribution in [0.2, 0.25) is 0 Å². The van der Waals surface area contributed by atoms with E-state index in [-0.39, 0.29) is 18.6 Å². The van der Waals surface area contributed by atoms with Gasteiger partial charge in [0.05, 0.1) is 18.0 Å². The number of para-hydroxylation sites is 1. The molecule has 2 bridgehead atoms. The Kier molecular flexibility index (Phi) is 4.27. The number of nitrogens with zero attached hydrogens (tertiary/aromatic N) is 3. The molecule has 0 radical (unpaired) electrons. The second-order valence-electron chi connectivity index (χ2n) is 8.44. The molecule has 5 nitrogen and oxygen atoms in total. The van der Waals surface area contributed by atoms with E-state index in [1.165, 1.54) is 19.3 Å². The Bertz CT molecular complexity index is 864. The summed E-state index contributed by atoms with van der Waals surface area (Å²) in [6, 6.07) is 10.3. The number of aromatic nitrogens is 1. The van der Waals surface area contributed by atoms with Gasteiger partial charge in [0, 0.05) is 36.6 Å². The van der Waals surface area contributed by atoms with E-state index in [9.17, 15) is 9.90 Å². The first-order chi connectivity index (χ1) is 13.2. The maximum atomic E-state index is 13.1. The van der Waals surface area contributed by atoms with Crippen LogP contribution in [0.25, 0.3) is 10.9 Å². The first-order valence-corrected chi connectivity index (χ1v) is 10.3. The van der Waals surface area contributed by atoms with Gasteiger partial charge in [-0.2, -0.15) is 0 Å². The lowest BCUT2D eigenvalue weighted by atomic mass is 9.83. The highest BCUT2D eigenvalue weighted by molar-refractivity contribution is 5.83. The van der Waals surface area contributed by atoms with Crippen molar-refractivity contribution in [3.63, 3.8) is 0 Å². The Morgan fingerprint density at radius 1 is 1.11 bits per heavy atom. The Morgan fingerprint density at radius 3 is 2.74 bits per heavy atom. The highest BCUT2D eigenvalue weighted by atomic mass is 16.3. The lowest BCUT2D eigenvalue weighted by molar-refractivity contribution is -0.141. The maximum Gasteiger partial charge on any atom is 0.227 e. The van der Waals surface area contributed by atoms with E-state index in [0.29, 0.717) is 11.8 Å². The summed E-state index contributed by atoms with van der Waals surface area (Å²) in [5.74, 6) is 1.95. The summed E-state index contributed by atoms with van der Waals surface area (Å²) in [6.07, 6.45) is 5.91. The van der Waals surface area contributed by atoms with Crippen molar-refractivity contribution in [3.8, 4) is 0 Å². The molecule has 3 saturated heterocycles. The van der Waals surface area contributed by atoms with Gasteiger partial charge in [-0.05, 0) is 43.7 Å². The van der Waals surface area contributed by atoms with E-state index < -0.39 is 0 Å².